The van der Waals surface area contributed by atoms with Crippen molar-refractivity contribution in [2.24, 2.45) is 16.3 Å². The zero-order valence-corrected chi connectivity index (χ0v) is 17.7. The zero-order valence-electron chi connectivity index (χ0n) is 15.4. The quantitative estimate of drug-likeness (QED) is 0.395. The van der Waals surface area contributed by atoms with E-state index in [-0.39, 0.29) is 29.4 Å². The molecule has 0 amide bonds. The van der Waals surface area contributed by atoms with Gasteiger partial charge in [0.25, 0.3) is 0 Å². The third-order valence-corrected chi connectivity index (χ3v) is 6.60. The Morgan fingerprint density at radius 1 is 1.21 bits per heavy atom. The van der Waals surface area contributed by atoms with Crippen LogP contribution >= 0.6 is 24.0 Å². The van der Waals surface area contributed by atoms with Crippen molar-refractivity contribution in [2.45, 2.75) is 76.7 Å². The van der Waals surface area contributed by atoms with Gasteiger partial charge in [-0.1, -0.05) is 13.8 Å². The maximum Gasteiger partial charge on any atom is 0.191 e. The molecule has 0 bridgehead atoms. The second-order valence-electron chi connectivity index (χ2n) is 8.61. The number of rotatable bonds is 3. The van der Waals surface area contributed by atoms with Gasteiger partial charge in [0.15, 0.2) is 5.96 Å². The normalized spacial score (nSPS) is 41.3. The number of guanidine groups is 1. The van der Waals surface area contributed by atoms with E-state index < -0.39 is 0 Å². The first-order chi connectivity index (χ1) is 11.0. The summed E-state index contributed by atoms with van der Waals surface area (Å²) in [5, 5.41) is 7.39. The minimum Gasteiger partial charge on any atom is -0.377 e. The van der Waals surface area contributed by atoms with Crippen molar-refractivity contribution < 1.29 is 4.74 Å². The van der Waals surface area contributed by atoms with Crippen molar-refractivity contribution in [1.82, 2.24) is 15.5 Å². The van der Waals surface area contributed by atoms with E-state index in [0.717, 1.165) is 25.2 Å². The molecule has 0 aromatic carbocycles. The fourth-order valence-electron chi connectivity index (χ4n) is 5.20. The van der Waals surface area contributed by atoms with Gasteiger partial charge < -0.3 is 15.4 Å². The Balaban J connectivity index is 0.00000169. The van der Waals surface area contributed by atoms with Gasteiger partial charge >= 0.3 is 0 Å². The van der Waals surface area contributed by atoms with Gasteiger partial charge in [0, 0.05) is 55.7 Å². The molecule has 4 fully saturated rings. The summed E-state index contributed by atoms with van der Waals surface area (Å²) < 4.78 is 5.90. The Morgan fingerprint density at radius 2 is 1.96 bits per heavy atom. The number of nitrogens with one attached hydrogen (secondary N) is 2. The number of hydrogen-bond donors (Lipinski definition) is 2. The van der Waals surface area contributed by atoms with E-state index in [1.807, 2.05) is 7.05 Å². The van der Waals surface area contributed by atoms with Crippen molar-refractivity contribution in [3.05, 3.63) is 0 Å². The van der Waals surface area contributed by atoms with E-state index in [9.17, 15) is 0 Å². The highest BCUT2D eigenvalue weighted by Crippen LogP contribution is 2.52. The summed E-state index contributed by atoms with van der Waals surface area (Å²) in [5.41, 5.74) is 0.196. The largest absolute Gasteiger partial charge is 0.377 e. The summed E-state index contributed by atoms with van der Waals surface area (Å²) in [7, 11) is 1.89. The summed E-state index contributed by atoms with van der Waals surface area (Å²) in [6, 6.07) is 2.55. The third kappa shape index (κ3) is 3.18. The van der Waals surface area contributed by atoms with Crippen LogP contribution in [0.5, 0.6) is 0 Å². The van der Waals surface area contributed by atoms with Gasteiger partial charge in [0.05, 0.1) is 6.10 Å². The summed E-state index contributed by atoms with van der Waals surface area (Å²) in [6.45, 7) is 9.08. The topological polar surface area (TPSA) is 48.9 Å². The van der Waals surface area contributed by atoms with Crippen molar-refractivity contribution in [2.75, 3.05) is 20.2 Å². The van der Waals surface area contributed by atoms with Crippen LogP contribution in [-0.4, -0.2) is 61.3 Å². The number of fused-ring (bicyclic) bond motifs is 1. The minimum atomic E-state index is 0. The molecule has 2 heterocycles. The van der Waals surface area contributed by atoms with Gasteiger partial charge in [-0.25, -0.2) is 0 Å². The van der Waals surface area contributed by atoms with Gasteiger partial charge in [-0.2, -0.15) is 0 Å². The predicted molar refractivity (Wildman–Crippen MR) is 108 cm³/mol. The molecule has 5 atom stereocenters. The fourth-order valence-corrected chi connectivity index (χ4v) is 5.20. The maximum absolute atomic E-state index is 5.90. The van der Waals surface area contributed by atoms with Crippen LogP contribution in [0.15, 0.2) is 4.99 Å². The molecule has 2 aliphatic heterocycles. The van der Waals surface area contributed by atoms with Crippen molar-refractivity contribution in [3.8, 4) is 0 Å². The third-order valence-electron chi connectivity index (χ3n) is 6.60. The van der Waals surface area contributed by atoms with Crippen molar-refractivity contribution in [1.29, 1.82) is 0 Å². The number of nitrogens with zero attached hydrogens (tertiary/aromatic N) is 2. The molecule has 138 valence electrons. The van der Waals surface area contributed by atoms with E-state index in [0.29, 0.717) is 30.1 Å². The van der Waals surface area contributed by atoms with Gasteiger partial charge in [-0.15, -0.1) is 24.0 Å². The molecule has 2 N–H and O–H groups in total. The van der Waals surface area contributed by atoms with E-state index in [1.165, 1.54) is 25.7 Å². The van der Waals surface area contributed by atoms with E-state index >= 15 is 0 Å². The first-order valence-electron chi connectivity index (χ1n) is 9.38. The fraction of sp³-hybridized carbons (Fsp3) is 0.944. The van der Waals surface area contributed by atoms with Crippen LogP contribution in [-0.2, 0) is 4.74 Å². The van der Waals surface area contributed by atoms with Crippen LogP contribution in [0.2, 0.25) is 0 Å². The molecule has 6 heteroatoms. The number of ether oxygens (including phenoxy) is 1. The molecule has 2 aliphatic carbocycles. The van der Waals surface area contributed by atoms with Gasteiger partial charge in [0.2, 0.25) is 0 Å². The van der Waals surface area contributed by atoms with Crippen LogP contribution in [0, 0.1) is 11.3 Å². The smallest absolute Gasteiger partial charge is 0.191 e. The summed E-state index contributed by atoms with van der Waals surface area (Å²) in [4.78, 5) is 7.18. The molecular weight excluding hydrogens is 415 g/mol. The molecule has 4 rings (SSSR count). The lowest BCUT2D eigenvalue weighted by molar-refractivity contribution is -0.106. The zero-order chi connectivity index (χ0) is 16.2. The maximum atomic E-state index is 5.90. The summed E-state index contributed by atoms with van der Waals surface area (Å²) in [6.07, 6.45) is 5.61. The molecule has 5 nitrogen and oxygen atoms in total. The molecule has 0 aromatic heterocycles. The lowest BCUT2D eigenvalue weighted by Crippen LogP contribution is -2.68. The second-order valence-corrected chi connectivity index (χ2v) is 8.61. The van der Waals surface area contributed by atoms with Crippen LogP contribution in [0.25, 0.3) is 0 Å². The Morgan fingerprint density at radius 3 is 2.62 bits per heavy atom. The molecular formula is C18H33IN4O. The van der Waals surface area contributed by atoms with E-state index in [2.05, 4.69) is 41.3 Å². The monoisotopic (exact) mass is 448 g/mol. The molecule has 0 aromatic rings. The minimum absolute atomic E-state index is 0. The first-order valence-corrected chi connectivity index (χ1v) is 9.38. The summed E-state index contributed by atoms with van der Waals surface area (Å²) in [5.74, 6) is 1.62. The predicted octanol–water partition coefficient (Wildman–Crippen LogP) is 2.21. The van der Waals surface area contributed by atoms with Gasteiger partial charge in [-0.05, 0) is 32.6 Å². The SMILES string of the molecule is CN=C(NC1CC(C)N(C2CC2)C1)NC1C2CCOC2C1(C)C.I. The molecule has 5 unspecified atom stereocenters. The molecule has 2 saturated heterocycles. The van der Waals surface area contributed by atoms with Gasteiger partial charge in [0.1, 0.15) is 0 Å². The average molecular weight is 448 g/mol. The number of aliphatic imine (C=N–C) groups is 1. The van der Waals surface area contributed by atoms with Crippen LogP contribution in [0.3, 0.4) is 0 Å². The molecule has 2 saturated carbocycles. The van der Waals surface area contributed by atoms with E-state index in [1.54, 1.807) is 0 Å². The van der Waals surface area contributed by atoms with Crippen molar-refractivity contribution >= 4 is 29.9 Å². The van der Waals surface area contributed by atoms with E-state index in [4.69, 9.17) is 4.74 Å². The molecule has 24 heavy (non-hydrogen) atoms. The molecule has 0 spiro atoms. The Labute approximate surface area is 163 Å². The number of likely N-dealkylation sites (tertiary alicyclic amines) is 1. The molecule has 4 aliphatic rings. The van der Waals surface area contributed by atoms with Crippen molar-refractivity contribution in [3.63, 3.8) is 0 Å². The highest BCUT2D eigenvalue weighted by Gasteiger charge is 2.59. The standard InChI is InChI=1S/C18H32N4O.HI/c1-11-9-12(10-22(11)13-5-6-13)20-17(19-4)21-15-14-7-8-23-16(14)18(15,2)3;/h11-16H,5-10H2,1-4H3,(H2,19,20,21);1H. The Hall–Kier alpha value is -0.0800. The van der Waals surface area contributed by atoms with Crippen LogP contribution in [0.4, 0.5) is 0 Å². The Bertz CT molecular complexity index is 493. The lowest BCUT2D eigenvalue weighted by Gasteiger charge is -2.55. The van der Waals surface area contributed by atoms with Crippen LogP contribution < -0.4 is 10.6 Å². The molecule has 0 radical (unpaired) electrons. The second kappa shape index (κ2) is 6.91. The van der Waals surface area contributed by atoms with Crippen LogP contribution in [0.1, 0.15) is 46.5 Å². The number of halogens is 1. The average Bonchev–Trinajstić information content (AvgIpc) is 3.14. The summed E-state index contributed by atoms with van der Waals surface area (Å²) >= 11 is 0. The first kappa shape index (κ1) is 18.7. The van der Waals surface area contributed by atoms with Gasteiger partial charge in [-0.3, -0.25) is 9.89 Å². The highest BCUT2D eigenvalue weighted by atomic mass is 127. The Kier molecular flexibility index (Phi) is 5.39. The number of hydrogen-bond acceptors (Lipinski definition) is 3. The highest BCUT2D eigenvalue weighted by molar-refractivity contribution is 14.0. The lowest BCUT2D eigenvalue weighted by atomic mass is 9.57.